The summed E-state index contributed by atoms with van der Waals surface area (Å²) < 4.78 is 170. The average Bonchev–Trinajstić information content (AvgIpc) is 3.42. The van der Waals surface area contributed by atoms with Crippen molar-refractivity contribution in [2.45, 2.75) is 38.0 Å². The molecule has 0 saturated carbocycles. The van der Waals surface area contributed by atoms with Crippen LogP contribution in [0.5, 0.6) is 0 Å². The SMILES string of the molecule is CC1(C(F)(F)F)C=C(C(F)(F)F)C2=C(C1)C(=C(C#N)C#N)c1cc3c(cc12)C(=C(C#N)C#N)c1cc(C(F)(F)F)cc(C(F)(F)F)c1-3. The van der Waals surface area contributed by atoms with Crippen molar-refractivity contribution in [3.05, 3.63) is 86.0 Å². The molecule has 3 aliphatic carbocycles. The Hall–Kier alpha value is -5.48. The zero-order valence-electron chi connectivity index (χ0n) is 22.9. The normalized spacial score (nSPS) is 18.6. The van der Waals surface area contributed by atoms with E-state index in [2.05, 4.69) is 0 Å². The first-order valence-corrected chi connectivity index (χ1v) is 12.8. The van der Waals surface area contributed by atoms with Crippen LogP contribution in [0.3, 0.4) is 0 Å². The van der Waals surface area contributed by atoms with Crippen molar-refractivity contribution in [2.24, 2.45) is 5.41 Å². The molecule has 2 aromatic rings. The summed E-state index contributed by atoms with van der Waals surface area (Å²) >= 11 is 0. The molecule has 238 valence electrons. The Labute approximate surface area is 255 Å². The van der Waals surface area contributed by atoms with E-state index in [1.807, 2.05) is 0 Å². The molecular weight excluding hydrogens is 656 g/mol. The maximum atomic E-state index is 14.5. The van der Waals surface area contributed by atoms with Crippen molar-refractivity contribution in [3.63, 3.8) is 0 Å². The van der Waals surface area contributed by atoms with Gasteiger partial charge in [-0.05, 0) is 76.6 Å². The molecule has 1 unspecified atom stereocenters. The van der Waals surface area contributed by atoms with Gasteiger partial charge in [-0.1, -0.05) is 6.08 Å². The Morgan fingerprint density at radius 2 is 1.13 bits per heavy atom. The minimum Gasteiger partial charge on any atom is -0.192 e. The fourth-order valence-electron chi connectivity index (χ4n) is 6.07. The van der Waals surface area contributed by atoms with E-state index < -0.39 is 120 Å². The van der Waals surface area contributed by atoms with E-state index in [1.54, 1.807) is 0 Å². The van der Waals surface area contributed by atoms with Crippen LogP contribution in [0.1, 0.15) is 46.7 Å². The number of allylic oxidation sites excluding steroid dienone is 7. The lowest BCUT2D eigenvalue weighted by molar-refractivity contribution is -0.200. The predicted molar refractivity (Wildman–Crippen MR) is 137 cm³/mol. The summed E-state index contributed by atoms with van der Waals surface area (Å²) in [5, 5.41) is 38.5. The van der Waals surface area contributed by atoms with Crippen LogP contribution < -0.4 is 0 Å². The van der Waals surface area contributed by atoms with Gasteiger partial charge in [0.05, 0.1) is 22.1 Å². The lowest BCUT2D eigenvalue weighted by Crippen LogP contribution is -2.37. The molecule has 0 amide bonds. The van der Waals surface area contributed by atoms with Crippen molar-refractivity contribution < 1.29 is 52.7 Å². The molecule has 0 aliphatic heterocycles. The molecule has 5 rings (SSSR count). The van der Waals surface area contributed by atoms with Crippen LogP contribution in [-0.2, 0) is 12.4 Å². The molecule has 0 radical (unpaired) electrons. The summed E-state index contributed by atoms with van der Waals surface area (Å²) in [7, 11) is 0. The van der Waals surface area contributed by atoms with Crippen LogP contribution in [-0.4, -0.2) is 12.4 Å². The van der Waals surface area contributed by atoms with Crippen molar-refractivity contribution in [1.82, 2.24) is 0 Å². The molecule has 0 saturated heterocycles. The summed E-state index contributed by atoms with van der Waals surface area (Å²) in [4.78, 5) is 0. The smallest absolute Gasteiger partial charge is 0.192 e. The molecular formula is C31H10F12N4. The number of rotatable bonds is 0. The van der Waals surface area contributed by atoms with Crippen LogP contribution in [0, 0.1) is 50.7 Å². The van der Waals surface area contributed by atoms with Gasteiger partial charge in [0.15, 0.2) is 0 Å². The molecule has 0 fully saturated rings. The molecule has 0 bridgehead atoms. The molecule has 16 heteroatoms. The van der Waals surface area contributed by atoms with E-state index >= 15 is 0 Å². The molecule has 0 spiro atoms. The quantitative estimate of drug-likeness (QED) is 0.176. The van der Waals surface area contributed by atoms with Gasteiger partial charge >= 0.3 is 24.7 Å². The second-order valence-electron chi connectivity index (χ2n) is 10.8. The van der Waals surface area contributed by atoms with Crippen LogP contribution in [0.15, 0.2) is 52.6 Å². The van der Waals surface area contributed by atoms with Crippen LogP contribution in [0.4, 0.5) is 52.7 Å². The molecule has 2 aromatic carbocycles. The maximum absolute atomic E-state index is 14.5. The first-order chi connectivity index (χ1) is 21.5. The van der Waals surface area contributed by atoms with E-state index in [0.29, 0.717) is 19.1 Å². The minimum absolute atomic E-state index is 0.0942. The third-order valence-corrected chi connectivity index (χ3v) is 8.06. The molecule has 0 N–H and O–H groups in total. The van der Waals surface area contributed by atoms with Crippen LogP contribution in [0.2, 0.25) is 0 Å². The molecule has 1 atom stereocenters. The van der Waals surface area contributed by atoms with Crippen molar-refractivity contribution in [3.8, 4) is 35.4 Å². The third kappa shape index (κ3) is 4.83. The number of nitriles is 4. The highest BCUT2D eigenvalue weighted by Gasteiger charge is 2.57. The van der Waals surface area contributed by atoms with Gasteiger partial charge in [0.2, 0.25) is 0 Å². The Morgan fingerprint density at radius 1 is 0.617 bits per heavy atom. The summed E-state index contributed by atoms with van der Waals surface area (Å²) in [5.41, 5.74) is -18.5. The Morgan fingerprint density at radius 3 is 1.60 bits per heavy atom. The summed E-state index contributed by atoms with van der Waals surface area (Å²) in [5.74, 6) is 0. The number of fused-ring (bicyclic) bond motifs is 5. The number of hydrogen-bond donors (Lipinski definition) is 0. The van der Waals surface area contributed by atoms with Crippen molar-refractivity contribution >= 4 is 16.7 Å². The zero-order chi connectivity index (χ0) is 35.2. The summed E-state index contributed by atoms with van der Waals surface area (Å²) in [6.07, 6.45) is -23.0. The second-order valence-corrected chi connectivity index (χ2v) is 10.8. The van der Waals surface area contributed by atoms with Gasteiger partial charge < -0.3 is 0 Å². The monoisotopic (exact) mass is 666 g/mol. The highest BCUT2D eigenvalue weighted by Crippen LogP contribution is 2.62. The van der Waals surface area contributed by atoms with E-state index in [-0.39, 0.29) is 18.2 Å². The number of halogens is 12. The van der Waals surface area contributed by atoms with E-state index in [4.69, 9.17) is 0 Å². The third-order valence-electron chi connectivity index (χ3n) is 8.06. The minimum atomic E-state index is -5.52. The Balaban J connectivity index is 2.00. The molecule has 3 aliphatic rings. The number of nitrogens with zero attached hydrogens (tertiary/aromatic N) is 4. The van der Waals surface area contributed by atoms with E-state index in [9.17, 15) is 73.7 Å². The van der Waals surface area contributed by atoms with E-state index in [0.717, 1.165) is 0 Å². The van der Waals surface area contributed by atoms with Crippen molar-refractivity contribution in [1.29, 1.82) is 21.0 Å². The molecule has 0 aromatic heterocycles. The van der Waals surface area contributed by atoms with Gasteiger partial charge in [-0.15, -0.1) is 0 Å². The fraction of sp³-hybridized carbons (Fsp3) is 0.226. The zero-order valence-corrected chi connectivity index (χ0v) is 22.9. The highest BCUT2D eigenvalue weighted by molar-refractivity contribution is 6.13. The standard InChI is InChI=1S/C31H10F12N4/c1-27(31(41,42)43)6-20-24(13(10-46)11-47)16-5-17-15(4-18(16)26(20)22(7-27)30(38,39)40)23(12(8-44)9-45)19-2-14(28(32,33)34)3-21(25(17)19)29(35,36)37/h2-5,7H,6H2,1H3. The van der Waals surface area contributed by atoms with Gasteiger partial charge in [0, 0.05) is 16.7 Å². The van der Waals surface area contributed by atoms with Crippen molar-refractivity contribution in [2.75, 3.05) is 0 Å². The fourth-order valence-corrected chi connectivity index (χ4v) is 6.07. The largest absolute Gasteiger partial charge is 0.417 e. The van der Waals surface area contributed by atoms with Gasteiger partial charge in [0.25, 0.3) is 0 Å². The average molecular weight is 666 g/mol. The molecule has 47 heavy (non-hydrogen) atoms. The topological polar surface area (TPSA) is 95.2 Å². The second kappa shape index (κ2) is 10.0. The number of alkyl halides is 12. The predicted octanol–water partition coefficient (Wildman–Crippen LogP) is 9.58. The highest BCUT2D eigenvalue weighted by atomic mass is 19.4. The van der Waals surface area contributed by atoms with Gasteiger partial charge in [-0.2, -0.15) is 73.7 Å². The van der Waals surface area contributed by atoms with Crippen LogP contribution in [0.25, 0.3) is 27.8 Å². The summed E-state index contributed by atoms with van der Waals surface area (Å²) in [6, 6.07) is 6.89. The van der Waals surface area contributed by atoms with Gasteiger partial charge in [0.1, 0.15) is 35.4 Å². The first-order valence-electron chi connectivity index (χ1n) is 12.8. The molecule has 0 heterocycles. The number of benzene rings is 2. The Bertz CT molecular complexity index is 2070. The lowest BCUT2D eigenvalue weighted by atomic mass is 9.73. The van der Waals surface area contributed by atoms with Gasteiger partial charge in [-0.25, -0.2) is 0 Å². The summed E-state index contributed by atoms with van der Waals surface area (Å²) in [6.45, 7) is 0.443. The van der Waals surface area contributed by atoms with E-state index in [1.165, 1.54) is 24.3 Å². The lowest BCUT2D eigenvalue weighted by Gasteiger charge is -2.35. The Kier molecular flexibility index (Phi) is 7.01. The maximum Gasteiger partial charge on any atom is 0.417 e. The number of hydrogen-bond acceptors (Lipinski definition) is 4. The molecule has 4 nitrogen and oxygen atoms in total. The first kappa shape index (κ1) is 32.9. The van der Waals surface area contributed by atoms with Crippen LogP contribution >= 0.6 is 0 Å². The van der Waals surface area contributed by atoms with Gasteiger partial charge in [-0.3, -0.25) is 0 Å².